The zero-order valence-electron chi connectivity index (χ0n) is 30.7. The summed E-state index contributed by atoms with van der Waals surface area (Å²) in [5.74, 6) is 1.92. The van der Waals surface area contributed by atoms with Gasteiger partial charge in [-0.25, -0.2) is 15.0 Å². The van der Waals surface area contributed by atoms with Crippen LogP contribution in [0.4, 0.5) is 0 Å². The maximum absolute atomic E-state index is 5.26. The Morgan fingerprint density at radius 2 is 0.842 bits per heavy atom. The van der Waals surface area contributed by atoms with E-state index in [-0.39, 0.29) is 0 Å². The molecule has 0 fully saturated rings. The van der Waals surface area contributed by atoms with Gasteiger partial charge in [0.2, 0.25) is 0 Å². The Hall–Kier alpha value is -7.08. The van der Waals surface area contributed by atoms with Crippen LogP contribution in [0.1, 0.15) is 22.3 Å². The number of para-hydroxylation sites is 2. The number of benzene rings is 8. The van der Waals surface area contributed by atoms with Crippen LogP contribution in [0.25, 0.3) is 72.8 Å². The molecule has 2 aliphatic rings. The van der Waals surface area contributed by atoms with E-state index in [0.717, 1.165) is 22.4 Å². The monoisotopic (exact) mass is 744 g/mol. The first-order valence-corrected chi connectivity index (χ1v) is 20.1. The molecule has 0 saturated heterocycles. The average molecular weight is 745 g/mol. The van der Waals surface area contributed by atoms with E-state index in [2.05, 4.69) is 180 Å². The first-order chi connectivity index (χ1) is 28.3. The molecule has 0 radical (unpaired) electrons. The van der Waals surface area contributed by atoms with E-state index in [9.17, 15) is 0 Å². The van der Waals surface area contributed by atoms with Gasteiger partial charge in [0, 0.05) is 42.9 Å². The van der Waals surface area contributed by atoms with Crippen molar-refractivity contribution >= 4 is 33.6 Å². The Morgan fingerprint density at radius 3 is 1.49 bits per heavy atom. The fourth-order valence-electron chi connectivity index (χ4n) is 9.30. The van der Waals surface area contributed by atoms with Crippen molar-refractivity contribution in [1.29, 1.82) is 0 Å². The molecule has 4 nitrogen and oxygen atoms in total. The van der Waals surface area contributed by atoms with E-state index < -0.39 is 5.41 Å². The molecule has 5 heteroatoms. The molecule has 57 heavy (non-hydrogen) atoms. The summed E-state index contributed by atoms with van der Waals surface area (Å²) < 4.78 is 2.33. The van der Waals surface area contributed by atoms with Crippen molar-refractivity contribution in [2.24, 2.45) is 0 Å². The second-order valence-electron chi connectivity index (χ2n) is 14.7. The van der Waals surface area contributed by atoms with Crippen LogP contribution in [-0.4, -0.2) is 19.5 Å². The second-order valence-corrected chi connectivity index (χ2v) is 15.8. The molecule has 1 spiro atoms. The van der Waals surface area contributed by atoms with E-state index in [1.807, 2.05) is 30.0 Å². The number of fused-ring (bicyclic) bond motifs is 12. The minimum atomic E-state index is -0.485. The van der Waals surface area contributed by atoms with Gasteiger partial charge in [-0.05, 0) is 88.0 Å². The normalized spacial score (nSPS) is 13.3. The predicted octanol–water partition coefficient (Wildman–Crippen LogP) is 12.8. The number of hydrogen-bond acceptors (Lipinski definition) is 4. The van der Waals surface area contributed by atoms with Crippen molar-refractivity contribution < 1.29 is 0 Å². The lowest BCUT2D eigenvalue weighted by atomic mass is 9.67. The molecule has 3 heterocycles. The maximum atomic E-state index is 5.26. The van der Waals surface area contributed by atoms with Gasteiger partial charge in [0.05, 0.1) is 16.4 Å². The fraction of sp³-hybridized carbons (Fsp3) is 0.0192. The van der Waals surface area contributed by atoms with Gasteiger partial charge in [-0.15, -0.1) is 0 Å². The van der Waals surface area contributed by atoms with Gasteiger partial charge in [-0.2, -0.15) is 0 Å². The highest BCUT2D eigenvalue weighted by molar-refractivity contribution is 7.99. The minimum absolute atomic E-state index is 0.485. The summed E-state index contributed by atoms with van der Waals surface area (Å²) in [5.41, 5.74) is 13.5. The number of nitrogens with zero attached hydrogens (tertiary/aromatic N) is 4. The van der Waals surface area contributed by atoms with Gasteiger partial charge in [0.15, 0.2) is 17.5 Å². The lowest BCUT2D eigenvalue weighted by Gasteiger charge is -2.39. The molecule has 0 bridgehead atoms. The third-order valence-electron chi connectivity index (χ3n) is 11.7. The lowest BCUT2D eigenvalue weighted by molar-refractivity contribution is 0.722. The fourth-order valence-corrected chi connectivity index (χ4v) is 10.5. The summed E-state index contributed by atoms with van der Waals surface area (Å²) in [7, 11) is 0. The van der Waals surface area contributed by atoms with Crippen LogP contribution in [0, 0.1) is 0 Å². The molecule has 2 aromatic heterocycles. The molecule has 1 aliphatic carbocycles. The van der Waals surface area contributed by atoms with Crippen LogP contribution in [0.5, 0.6) is 0 Å². The molecule has 0 atom stereocenters. The van der Waals surface area contributed by atoms with Crippen LogP contribution in [0.2, 0.25) is 0 Å². The Balaban J connectivity index is 1.05. The highest BCUT2D eigenvalue weighted by Crippen LogP contribution is 2.62. The highest BCUT2D eigenvalue weighted by atomic mass is 32.2. The van der Waals surface area contributed by atoms with Gasteiger partial charge in [0.1, 0.15) is 0 Å². The first kappa shape index (κ1) is 32.2. The summed E-state index contributed by atoms with van der Waals surface area (Å²) >= 11 is 1.86. The Morgan fingerprint density at radius 1 is 0.368 bits per heavy atom. The van der Waals surface area contributed by atoms with Crippen LogP contribution in [0.3, 0.4) is 0 Å². The number of aromatic nitrogens is 4. The zero-order chi connectivity index (χ0) is 37.5. The molecule has 266 valence electrons. The Labute approximate surface area is 334 Å². The standard InChI is InChI=1S/C52H32N4S/c1-2-14-33(15-3-1)49-53-50(34-26-29-36(30-27-34)56-45-22-10-5-17-39(45)40-18-6-11-23-46(40)56)55-51(54-49)35-28-31-38-37-16-4-7-19-41(37)52(44(38)32-35)42-20-8-12-24-47(42)57-48-25-13-9-21-43(48)52/h1-32H. The van der Waals surface area contributed by atoms with E-state index in [1.165, 1.54) is 65.0 Å². The third-order valence-corrected chi connectivity index (χ3v) is 12.9. The molecule has 12 rings (SSSR count). The molecule has 8 aromatic carbocycles. The zero-order valence-corrected chi connectivity index (χ0v) is 31.5. The molecule has 0 amide bonds. The quantitative estimate of drug-likeness (QED) is 0.180. The number of rotatable bonds is 4. The Kier molecular flexibility index (Phi) is 7.04. The molecule has 1 aliphatic heterocycles. The van der Waals surface area contributed by atoms with Crippen molar-refractivity contribution in [2.45, 2.75) is 15.2 Å². The average Bonchev–Trinajstić information content (AvgIpc) is 3.77. The van der Waals surface area contributed by atoms with Crippen molar-refractivity contribution in [3.8, 4) is 51.0 Å². The third kappa shape index (κ3) is 4.73. The van der Waals surface area contributed by atoms with Crippen molar-refractivity contribution in [3.63, 3.8) is 0 Å². The second kappa shape index (κ2) is 12.5. The Bertz CT molecular complexity index is 3120. The van der Waals surface area contributed by atoms with Crippen LogP contribution >= 0.6 is 11.8 Å². The highest BCUT2D eigenvalue weighted by Gasteiger charge is 2.50. The minimum Gasteiger partial charge on any atom is -0.309 e. The maximum Gasteiger partial charge on any atom is 0.164 e. The summed E-state index contributed by atoms with van der Waals surface area (Å²) in [4.78, 5) is 18.1. The summed E-state index contributed by atoms with van der Waals surface area (Å²) in [5, 5.41) is 2.48. The van der Waals surface area contributed by atoms with Gasteiger partial charge < -0.3 is 4.57 Å². The summed E-state index contributed by atoms with van der Waals surface area (Å²) in [6.45, 7) is 0. The lowest BCUT2D eigenvalue weighted by Crippen LogP contribution is -2.31. The molecular formula is C52H32N4S. The van der Waals surface area contributed by atoms with Crippen LogP contribution in [0.15, 0.2) is 204 Å². The van der Waals surface area contributed by atoms with Crippen LogP contribution in [-0.2, 0) is 5.41 Å². The van der Waals surface area contributed by atoms with Gasteiger partial charge in [0.25, 0.3) is 0 Å². The van der Waals surface area contributed by atoms with E-state index in [4.69, 9.17) is 15.0 Å². The molecule has 10 aromatic rings. The van der Waals surface area contributed by atoms with Crippen molar-refractivity contribution in [2.75, 3.05) is 0 Å². The smallest absolute Gasteiger partial charge is 0.164 e. The summed E-state index contributed by atoms with van der Waals surface area (Å²) in [6, 6.07) is 69.6. The number of hydrogen-bond donors (Lipinski definition) is 0. The predicted molar refractivity (Wildman–Crippen MR) is 232 cm³/mol. The summed E-state index contributed by atoms with van der Waals surface area (Å²) in [6.07, 6.45) is 0. The van der Waals surface area contributed by atoms with E-state index in [1.54, 1.807) is 0 Å². The van der Waals surface area contributed by atoms with E-state index >= 15 is 0 Å². The molecule has 0 unspecified atom stereocenters. The van der Waals surface area contributed by atoms with E-state index in [0.29, 0.717) is 17.5 Å². The largest absolute Gasteiger partial charge is 0.309 e. The topological polar surface area (TPSA) is 43.6 Å². The SMILES string of the molecule is c1ccc(-c2nc(-c3ccc(-n4c5ccccc5c5ccccc54)cc3)nc(-c3ccc4c(c3)C3(c5ccccc5Sc5ccccc53)c3ccccc3-4)n2)cc1. The van der Waals surface area contributed by atoms with Gasteiger partial charge in [-0.3, -0.25) is 0 Å². The van der Waals surface area contributed by atoms with Gasteiger partial charge in [-0.1, -0.05) is 151 Å². The van der Waals surface area contributed by atoms with Gasteiger partial charge >= 0.3 is 0 Å². The first-order valence-electron chi connectivity index (χ1n) is 19.3. The molecule has 0 N–H and O–H groups in total. The van der Waals surface area contributed by atoms with Crippen molar-refractivity contribution in [3.05, 3.63) is 216 Å². The van der Waals surface area contributed by atoms with Crippen molar-refractivity contribution in [1.82, 2.24) is 19.5 Å². The molecule has 0 saturated carbocycles. The van der Waals surface area contributed by atoms with Crippen LogP contribution < -0.4 is 0 Å². The molecular weight excluding hydrogens is 713 g/mol.